The average molecular weight is 303 g/mol. The molecule has 3 aromatic rings. The Morgan fingerprint density at radius 2 is 2.11 bits per heavy atom. The first-order valence-electron chi connectivity index (χ1n) is 5.72. The summed E-state index contributed by atoms with van der Waals surface area (Å²) in [6.07, 6.45) is 3.67. The zero-order chi connectivity index (χ0) is 12.4. The second-order valence-electron chi connectivity index (χ2n) is 4.09. The van der Waals surface area contributed by atoms with Crippen LogP contribution in [0.4, 0.5) is 5.69 Å². The van der Waals surface area contributed by atoms with Crippen LogP contribution in [-0.4, -0.2) is 27.9 Å². The number of benzene rings is 1. The van der Waals surface area contributed by atoms with Crippen LogP contribution in [0.3, 0.4) is 0 Å². The van der Waals surface area contributed by atoms with E-state index < -0.39 is 0 Å². The van der Waals surface area contributed by atoms with Crippen LogP contribution < -0.4 is 5.32 Å². The fourth-order valence-corrected chi connectivity index (χ4v) is 3.02. The van der Waals surface area contributed by atoms with Crippen molar-refractivity contribution in [1.29, 1.82) is 0 Å². The third-order valence-electron chi connectivity index (χ3n) is 2.84. The van der Waals surface area contributed by atoms with Gasteiger partial charge in [0.25, 0.3) is 0 Å². The Morgan fingerprint density at radius 1 is 1.17 bits per heavy atom. The van der Waals surface area contributed by atoms with Gasteiger partial charge in [-0.1, -0.05) is 0 Å². The first-order valence-corrected chi connectivity index (χ1v) is 7.25. The molecule has 0 radical (unpaired) electrons. The normalized spacial score (nSPS) is 12.5. The van der Waals surface area contributed by atoms with Gasteiger partial charge in [0.2, 0.25) is 0 Å². The Hall–Kier alpha value is -1.71. The standard InChI is InChI=1S/C13H12N4Se/c1-9(10-4-3-7-14-8-10)15-11-5-2-6-12-13(11)17-18-16-12/h2-9,15H,1H3. The molecule has 0 fully saturated rings. The van der Waals surface area contributed by atoms with Crippen LogP contribution in [0.15, 0.2) is 42.7 Å². The van der Waals surface area contributed by atoms with E-state index in [-0.39, 0.29) is 21.0 Å². The molecule has 0 aliphatic heterocycles. The van der Waals surface area contributed by atoms with Crippen LogP contribution in [0.5, 0.6) is 0 Å². The van der Waals surface area contributed by atoms with Crippen molar-refractivity contribution in [1.82, 2.24) is 12.9 Å². The van der Waals surface area contributed by atoms with Gasteiger partial charge in [0, 0.05) is 0 Å². The third-order valence-corrected chi connectivity index (χ3v) is 3.98. The SMILES string of the molecule is CC(Nc1cccc2n[se]nc12)c1cccnc1. The van der Waals surface area contributed by atoms with Gasteiger partial charge in [0.15, 0.2) is 0 Å². The summed E-state index contributed by atoms with van der Waals surface area (Å²) in [4.78, 5) is 4.14. The second-order valence-corrected chi connectivity index (χ2v) is 5.20. The number of nitrogens with zero attached hydrogens (tertiary/aromatic N) is 3. The molecule has 18 heavy (non-hydrogen) atoms. The van der Waals surface area contributed by atoms with E-state index in [0.717, 1.165) is 22.3 Å². The molecule has 2 heterocycles. The number of rotatable bonds is 3. The quantitative estimate of drug-likeness (QED) is 0.754. The molecule has 0 bridgehead atoms. The molecule has 1 aromatic carbocycles. The van der Waals surface area contributed by atoms with Gasteiger partial charge in [-0.05, 0) is 0 Å². The van der Waals surface area contributed by atoms with E-state index >= 15 is 0 Å². The minimum atomic E-state index is 0.0116. The van der Waals surface area contributed by atoms with Crippen molar-refractivity contribution in [2.75, 3.05) is 5.32 Å². The Labute approximate surface area is 111 Å². The topological polar surface area (TPSA) is 50.7 Å². The maximum atomic E-state index is 4.46. The molecule has 0 amide bonds. The molecule has 0 aliphatic rings. The molecule has 0 aliphatic carbocycles. The average Bonchev–Trinajstić information content (AvgIpc) is 2.89. The summed E-state index contributed by atoms with van der Waals surface area (Å²) in [7, 11) is 0. The molecular weight excluding hydrogens is 291 g/mol. The van der Waals surface area contributed by atoms with Gasteiger partial charge in [-0.2, -0.15) is 0 Å². The summed E-state index contributed by atoms with van der Waals surface area (Å²) in [5.74, 6) is 0. The van der Waals surface area contributed by atoms with E-state index in [2.05, 4.69) is 31.2 Å². The second kappa shape index (κ2) is 4.88. The van der Waals surface area contributed by atoms with Crippen molar-refractivity contribution in [2.24, 2.45) is 0 Å². The number of pyridine rings is 1. The van der Waals surface area contributed by atoms with Gasteiger partial charge in [-0.25, -0.2) is 0 Å². The Kier molecular flexibility index (Phi) is 3.09. The summed E-state index contributed by atoms with van der Waals surface area (Å²) in [5.41, 5.74) is 4.20. The molecule has 0 spiro atoms. The summed E-state index contributed by atoms with van der Waals surface area (Å²) >= 11 is 0.0116. The van der Waals surface area contributed by atoms with E-state index in [0.29, 0.717) is 0 Å². The Morgan fingerprint density at radius 3 is 2.94 bits per heavy atom. The van der Waals surface area contributed by atoms with E-state index in [9.17, 15) is 0 Å². The molecule has 0 saturated carbocycles. The van der Waals surface area contributed by atoms with Crippen LogP contribution in [0.25, 0.3) is 11.0 Å². The van der Waals surface area contributed by atoms with Crippen LogP contribution in [0.1, 0.15) is 18.5 Å². The number of hydrogen-bond donors (Lipinski definition) is 1. The van der Waals surface area contributed by atoms with Crippen molar-refractivity contribution < 1.29 is 0 Å². The molecule has 3 rings (SSSR count). The number of hydrogen-bond acceptors (Lipinski definition) is 4. The maximum absolute atomic E-state index is 4.46. The van der Waals surface area contributed by atoms with Gasteiger partial charge < -0.3 is 0 Å². The zero-order valence-electron chi connectivity index (χ0n) is 9.87. The number of nitrogens with one attached hydrogen (secondary N) is 1. The number of fused-ring (bicyclic) bond motifs is 1. The molecule has 1 unspecified atom stereocenters. The summed E-state index contributed by atoms with van der Waals surface area (Å²) in [6, 6.07) is 10.3. The molecule has 2 aromatic heterocycles. The fraction of sp³-hybridized carbons (Fsp3) is 0.154. The summed E-state index contributed by atoms with van der Waals surface area (Å²) < 4.78 is 8.85. The molecule has 5 heteroatoms. The van der Waals surface area contributed by atoms with E-state index in [4.69, 9.17) is 0 Å². The summed E-state index contributed by atoms with van der Waals surface area (Å²) in [6.45, 7) is 2.12. The molecule has 1 atom stereocenters. The molecule has 4 nitrogen and oxygen atoms in total. The van der Waals surface area contributed by atoms with Crippen molar-refractivity contribution in [3.8, 4) is 0 Å². The van der Waals surface area contributed by atoms with Crippen molar-refractivity contribution in [3.63, 3.8) is 0 Å². The van der Waals surface area contributed by atoms with Crippen molar-refractivity contribution in [3.05, 3.63) is 48.3 Å². The van der Waals surface area contributed by atoms with Crippen LogP contribution in [-0.2, 0) is 0 Å². The number of aromatic nitrogens is 3. The monoisotopic (exact) mass is 304 g/mol. The van der Waals surface area contributed by atoms with E-state index in [1.54, 1.807) is 6.20 Å². The van der Waals surface area contributed by atoms with Gasteiger partial charge in [0.05, 0.1) is 0 Å². The van der Waals surface area contributed by atoms with Gasteiger partial charge in [-0.3, -0.25) is 0 Å². The third kappa shape index (κ3) is 2.15. The predicted molar refractivity (Wildman–Crippen MR) is 72.8 cm³/mol. The Balaban J connectivity index is 1.91. The van der Waals surface area contributed by atoms with Crippen LogP contribution >= 0.6 is 0 Å². The Bertz CT molecular complexity index is 650. The van der Waals surface area contributed by atoms with Crippen LogP contribution in [0, 0.1) is 0 Å². The number of anilines is 1. The molecular formula is C13H12N4Se. The zero-order valence-corrected chi connectivity index (χ0v) is 11.6. The first kappa shape index (κ1) is 11.4. The van der Waals surface area contributed by atoms with Crippen LogP contribution in [0.2, 0.25) is 0 Å². The molecule has 0 saturated heterocycles. The van der Waals surface area contributed by atoms with E-state index in [1.807, 2.05) is 30.5 Å². The summed E-state index contributed by atoms with van der Waals surface area (Å²) in [5, 5.41) is 3.47. The molecule has 1 N–H and O–H groups in total. The van der Waals surface area contributed by atoms with Gasteiger partial charge >= 0.3 is 111 Å². The van der Waals surface area contributed by atoms with Gasteiger partial charge in [0.1, 0.15) is 0 Å². The fourth-order valence-electron chi connectivity index (χ4n) is 1.87. The minimum absolute atomic E-state index is 0.0116. The van der Waals surface area contributed by atoms with Gasteiger partial charge in [-0.15, -0.1) is 0 Å². The first-order chi connectivity index (χ1) is 8.84. The van der Waals surface area contributed by atoms with Crippen molar-refractivity contribution in [2.45, 2.75) is 13.0 Å². The predicted octanol–water partition coefficient (Wildman–Crippen LogP) is 2.25. The van der Waals surface area contributed by atoms with Crippen molar-refractivity contribution >= 4 is 31.7 Å². The molecule has 90 valence electrons. The van der Waals surface area contributed by atoms with E-state index in [1.165, 1.54) is 0 Å².